The molecule has 1 heterocycles. The van der Waals surface area contributed by atoms with Crippen LogP contribution < -0.4 is 5.32 Å². The third kappa shape index (κ3) is 6.03. The zero-order valence-electron chi connectivity index (χ0n) is 11.1. The maximum atomic E-state index is 12.0. The zero-order valence-corrected chi connectivity index (χ0v) is 11.1. The molecule has 0 bridgehead atoms. The van der Waals surface area contributed by atoms with Crippen molar-refractivity contribution in [2.45, 2.75) is 58.1 Å². The second-order valence-electron chi connectivity index (χ2n) is 5.16. The van der Waals surface area contributed by atoms with Gasteiger partial charge in [0.05, 0.1) is 6.10 Å². The molecule has 1 aliphatic heterocycles. The third-order valence-electron chi connectivity index (χ3n) is 3.20. The molecule has 1 fully saturated rings. The minimum atomic E-state index is -0.356. The number of amides is 1. The first-order valence-corrected chi connectivity index (χ1v) is 6.79. The van der Waals surface area contributed by atoms with Crippen LogP contribution in [0.2, 0.25) is 0 Å². The highest BCUT2D eigenvalue weighted by molar-refractivity contribution is 5.76. The fraction of sp³-hybridized carbons (Fsp3) is 0.923. The highest BCUT2D eigenvalue weighted by atomic mass is 16.3. The standard InChI is InChI=1S/C13H26N2O2/c1-11(14-10-12(2)16)9-13(17)15-7-5-3-4-6-8-15/h11-12,14,16H,3-10H2,1-2H3. The summed E-state index contributed by atoms with van der Waals surface area (Å²) in [5.41, 5.74) is 0. The maximum Gasteiger partial charge on any atom is 0.224 e. The van der Waals surface area contributed by atoms with Crippen LogP contribution in [0.3, 0.4) is 0 Å². The number of carbonyl (C=O) groups excluding carboxylic acids is 1. The van der Waals surface area contributed by atoms with E-state index in [0.29, 0.717) is 13.0 Å². The lowest BCUT2D eigenvalue weighted by molar-refractivity contribution is -0.131. The Morgan fingerprint density at radius 2 is 1.82 bits per heavy atom. The van der Waals surface area contributed by atoms with Gasteiger partial charge in [-0.25, -0.2) is 0 Å². The van der Waals surface area contributed by atoms with E-state index < -0.39 is 0 Å². The van der Waals surface area contributed by atoms with Gasteiger partial charge in [-0.15, -0.1) is 0 Å². The SMILES string of the molecule is CC(O)CNC(C)CC(=O)N1CCCCCC1. The van der Waals surface area contributed by atoms with Gasteiger partial charge in [0.2, 0.25) is 5.91 Å². The average Bonchev–Trinajstić information content (AvgIpc) is 2.54. The van der Waals surface area contributed by atoms with Crippen LogP contribution in [-0.2, 0) is 4.79 Å². The smallest absolute Gasteiger partial charge is 0.224 e. The summed E-state index contributed by atoms with van der Waals surface area (Å²) in [5.74, 6) is 0.248. The molecular weight excluding hydrogens is 216 g/mol. The zero-order chi connectivity index (χ0) is 12.7. The van der Waals surface area contributed by atoms with E-state index in [2.05, 4.69) is 5.32 Å². The fourth-order valence-electron chi connectivity index (χ4n) is 2.16. The molecular formula is C13H26N2O2. The van der Waals surface area contributed by atoms with Gasteiger partial charge in [-0.2, -0.15) is 0 Å². The Hall–Kier alpha value is -0.610. The number of nitrogens with zero attached hydrogens (tertiary/aromatic N) is 1. The van der Waals surface area contributed by atoms with E-state index in [1.54, 1.807) is 6.92 Å². The van der Waals surface area contributed by atoms with Gasteiger partial charge in [0.25, 0.3) is 0 Å². The lowest BCUT2D eigenvalue weighted by Gasteiger charge is -2.23. The van der Waals surface area contributed by atoms with Gasteiger partial charge in [0, 0.05) is 32.1 Å². The summed E-state index contributed by atoms with van der Waals surface area (Å²) in [4.78, 5) is 14.0. The molecule has 4 heteroatoms. The van der Waals surface area contributed by atoms with Crippen LogP contribution in [0.15, 0.2) is 0 Å². The van der Waals surface area contributed by atoms with E-state index in [4.69, 9.17) is 5.11 Å². The van der Waals surface area contributed by atoms with Crippen molar-refractivity contribution in [1.29, 1.82) is 0 Å². The summed E-state index contributed by atoms with van der Waals surface area (Å²) in [6, 6.07) is 0.139. The molecule has 2 N–H and O–H groups in total. The Morgan fingerprint density at radius 3 is 2.35 bits per heavy atom. The highest BCUT2D eigenvalue weighted by Crippen LogP contribution is 2.11. The molecule has 2 atom stereocenters. The van der Waals surface area contributed by atoms with Gasteiger partial charge in [-0.1, -0.05) is 12.8 Å². The first-order chi connectivity index (χ1) is 8.09. The number of nitrogens with one attached hydrogen (secondary N) is 1. The van der Waals surface area contributed by atoms with E-state index in [-0.39, 0.29) is 18.1 Å². The Balaban J connectivity index is 2.26. The second-order valence-corrected chi connectivity index (χ2v) is 5.16. The molecule has 2 unspecified atom stereocenters. The molecule has 1 saturated heterocycles. The molecule has 17 heavy (non-hydrogen) atoms. The van der Waals surface area contributed by atoms with Crippen molar-refractivity contribution in [3.05, 3.63) is 0 Å². The topological polar surface area (TPSA) is 52.6 Å². The number of carbonyl (C=O) groups is 1. The lowest BCUT2D eigenvalue weighted by Crippen LogP contribution is -2.39. The largest absolute Gasteiger partial charge is 0.392 e. The lowest BCUT2D eigenvalue weighted by atomic mass is 10.2. The van der Waals surface area contributed by atoms with Crippen molar-refractivity contribution in [3.63, 3.8) is 0 Å². The molecule has 0 aromatic rings. The van der Waals surface area contributed by atoms with Crippen LogP contribution in [0.4, 0.5) is 0 Å². The minimum absolute atomic E-state index is 0.139. The number of likely N-dealkylation sites (tertiary alicyclic amines) is 1. The molecule has 0 aromatic carbocycles. The highest BCUT2D eigenvalue weighted by Gasteiger charge is 2.17. The summed E-state index contributed by atoms with van der Waals surface area (Å²) in [6.07, 6.45) is 4.96. The van der Waals surface area contributed by atoms with Crippen molar-refractivity contribution in [2.24, 2.45) is 0 Å². The third-order valence-corrected chi connectivity index (χ3v) is 3.20. The Labute approximate surface area is 104 Å². The summed E-state index contributed by atoms with van der Waals surface area (Å²) in [5, 5.41) is 12.3. The summed E-state index contributed by atoms with van der Waals surface area (Å²) in [6.45, 7) is 6.13. The van der Waals surface area contributed by atoms with Crippen molar-refractivity contribution in [1.82, 2.24) is 10.2 Å². The molecule has 0 aromatic heterocycles. The summed E-state index contributed by atoms with van der Waals surface area (Å²) in [7, 11) is 0. The van der Waals surface area contributed by atoms with Crippen molar-refractivity contribution < 1.29 is 9.90 Å². The summed E-state index contributed by atoms with van der Waals surface area (Å²) >= 11 is 0. The molecule has 0 spiro atoms. The van der Waals surface area contributed by atoms with E-state index in [1.807, 2.05) is 11.8 Å². The Kier molecular flexibility index (Phi) is 6.52. The Morgan fingerprint density at radius 1 is 1.24 bits per heavy atom. The van der Waals surface area contributed by atoms with Gasteiger partial charge in [-0.05, 0) is 26.7 Å². The van der Waals surface area contributed by atoms with E-state index in [9.17, 15) is 4.79 Å². The number of hydrogen-bond donors (Lipinski definition) is 2. The molecule has 1 aliphatic rings. The van der Waals surface area contributed by atoms with E-state index in [1.165, 1.54) is 12.8 Å². The first kappa shape index (κ1) is 14.5. The minimum Gasteiger partial charge on any atom is -0.392 e. The van der Waals surface area contributed by atoms with Crippen molar-refractivity contribution in [3.8, 4) is 0 Å². The molecule has 0 radical (unpaired) electrons. The van der Waals surface area contributed by atoms with E-state index in [0.717, 1.165) is 25.9 Å². The van der Waals surface area contributed by atoms with Crippen LogP contribution >= 0.6 is 0 Å². The van der Waals surface area contributed by atoms with Gasteiger partial charge in [0.1, 0.15) is 0 Å². The Bertz CT molecular complexity index is 223. The maximum absolute atomic E-state index is 12.0. The molecule has 100 valence electrons. The normalized spacial score (nSPS) is 20.8. The molecule has 0 aliphatic carbocycles. The van der Waals surface area contributed by atoms with Crippen LogP contribution in [0.1, 0.15) is 46.0 Å². The first-order valence-electron chi connectivity index (χ1n) is 6.79. The van der Waals surface area contributed by atoms with Crippen molar-refractivity contribution >= 4 is 5.91 Å². The van der Waals surface area contributed by atoms with Gasteiger partial charge in [-0.3, -0.25) is 4.79 Å². The van der Waals surface area contributed by atoms with Crippen LogP contribution in [-0.4, -0.2) is 47.7 Å². The number of hydrogen-bond acceptors (Lipinski definition) is 3. The van der Waals surface area contributed by atoms with Crippen molar-refractivity contribution in [2.75, 3.05) is 19.6 Å². The number of aliphatic hydroxyl groups is 1. The number of aliphatic hydroxyl groups excluding tert-OH is 1. The molecule has 1 amide bonds. The van der Waals surface area contributed by atoms with Gasteiger partial charge < -0.3 is 15.3 Å². The average molecular weight is 242 g/mol. The second kappa shape index (κ2) is 7.67. The molecule has 4 nitrogen and oxygen atoms in total. The van der Waals surface area contributed by atoms with Gasteiger partial charge >= 0.3 is 0 Å². The van der Waals surface area contributed by atoms with Crippen LogP contribution in [0.5, 0.6) is 0 Å². The van der Waals surface area contributed by atoms with Crippen LogP contribution in [0, 0.1) is 0 Å². The quantitative estimate of drug-likeness (QED) is 0.760. The number of rotatable bonds is 5. The summed E-state index contributed by atoms with van der Waals surface area (Å²) < 4.78 is 0. The monoisotopic (exact) mass is 242 g/mol. The molecule has 0 saturated carbocycles. The molecule has 1 rings (SSSR count). The van der Waals surface area contributed by atoms with Crippen LogP contribution in [0.25, 0.3) is 0 Å². The predicted octanol–water partition coefficient (Wildman–Crippen LogP) is 1.14. The fourth-order valence-corrected chi connectivity index (χ4v) is 2.16. The van der Waals surface area contributed by atoms with Gasteiger partial charge in [0.15, 0.2) is 0 Å². The predicted molar refractivity (Wildman–Crippen MR) is 68.8 cm³/mol. The van der Waals surface area contributed by atoms with E-state index >= 15 is 0 Å².